The average Bonchev–Trinajstić information content (AvgIpc) is 3.08. The highest BCUT2D eigenvalue weighted by Crippen LogP contribution is 2.14. The van der Waals surface area contributed by atoms with Crippen LogP contribution in [0.5, 0.6) is 0 Å². The van der Waals surface area contributed by atoms with Crippen LogP contribution >= 0.6 is 0 Å². The van der Waals surface area contributed by atoms with Crippen LogP contribution in [-0.2, 0) is 9.59 Å². The number of rotatable bonds is 35. The molecule has 0 spiro atoms. The maximum absolute atomic E-state index is 12.7. The highest BCUT2D eigenvalue weighted by molar-refractivity contribution is 5.96. The van der Waals surface area contributed by atoms with Crippen LogP contribution in [0.1, 0.15) is 214 Å². The van der Waals surface area contributed by atoms with Crippen LogP contribution in [0.15, 0.2) is 48.4 Å². The van der Waals surface area contributed by atoms with Gasteiger partial charge in [-0.05, 0) is 58.8 Å². The summed E-state index contributed by atoms with van der Waals surface area (Å²) in [6.07, 6.45) is 48.0. The Morgan fingerprint density at radius 1 is 0.521 bits per heavy atom. The normalized spacial score (nSPS) is 12.0. The second-order valence-electron chi connectivity index (χ2n) is 14.3. The molecular formula is C44H80N2O2. The lowest BCUT2D eigenvalue weighted by Crippen LogP contribution is -2.27. The zero-order valence-electron chi connectivity index (χ0n) is 32.6. The van der Waals surface area contributed by atoms with E-state index in [4.69, 9.17) is 0 Å². The molecule has 0 heterocycles. The summed E-state index contributed by atoms with van der Waals surface area (Å²) in [7, 11) is 0. The quantitative estimate of drug-likeness (QED) is 0.0415. The Kier molecular flexibility index (Phi) is 34.6. The number of carbonyl (C=O) groups excluding carboxylic acids is 2. The molecule has 0 aromatic heterocycles. The molecule has 4 heteroatoms. The average molecular weight is 669 g/mol. The first kappa shape index (κ1) is 45.9. The molecule has 0 fully saturated rings. The molecule has 1 N–H and O–H groups in total. The maximum atomic E-state index is 12.7. The molecule has 0 atom stereocenters. The van der Waals surface area contributed by atoms with E-state index in [0.717, 1.165) is 25.7 Å². The van der Waals surface area contributed by atoms with Crippen molar-refractivity contribution in [1.82, 2.24) is 10.2 Å². The van der Waals surface area contributed by atoms with Gasteiger partial charge in [-0.25, -0.2) is 0 Å². The summed E-state index contributed by atoms with van der Waals surface area (Å²) >= 11 is 0. The van der Waals surface area contributed by atoms with Gasteiger partial charge in [0.25, 0.3) is 5.91 Å². The Bertz CT molecular complexity index is 856. The zero-order chi connectivity index (χ0) is 35.3. The van der Waals surface area contributed by atoms with E-state index in [2.05, 4.69) is 44.0 Å². The van der Waals surface area contributed by atoms with Crippen molar-refractivity contribution in [2.75, 3.05) is 6.54 Å². The SMILES string of the molecule is C=C(C)C(=O)N(C=CCCCCCCCCCCCCCCCC)C=C(C)C(=O)NCCCCCCCC/C=C\CCCCCCCC. The van der Waals surface area contributed by atoms with Crippen molar-refractivity contribution in [1.29, 1.82) is 0 Å². The summed E-state index contributed by atoms with van der Waals surface area (Å²) in [6, 6.07) is 0. The third kappa shape index (κ3) is 31.2. The summed E-state index contributed by atoms with van der Waals surface area (Å²) in [5.74, 6) is -0.282. The predicted molar refractivity (Wildman–Crippen MR) is 212 cm³/mol. The van der Waals surface area contributed by atoms with Crippen LogP contribution in [0, 0.1) is 0 Å². The molecule has 278 valence electrons. The van der Waals surface area contributed by atoms with Crippen molar-refractivity contribution in [3.05, 3.63) is 48.4 Å². The fourth-order valence-electron chi connectivity index (χ4n) is 6.02. The molecule has 0 radical (unpaired) electrons. The minimum Gasteiger partial charge on any atom is -0.352 e. The smallest absolute Gasteiger partial charge is 0.256 e. The fourth-order valence-corrected chi connectivity index (χ4v) is 6.02. The Labute approximate surface area is 299 Å². The minimum atomic E-state index is -0.173. The van der Waals surface area contributed by atoms with Gasteiger partial charge in [0.1, 0.15) is 0 Å². The molecule has 0 aromatic carbocycles. The van der Waals surface area contributed by atoms with Gasteiger partial charge in [0, 0.05) is 30.1 Å². The highest BCUT2D eigenvalue weighted by Gasteiger charge is 2.12. The lowest BCUT2D eigenvalue weighted by molar-refractivity contribution is -0.122. The Morgan fingerprint density at radius 2 is 0.875 bits per heavy atom. The van der Waals surface area contributed by atoms with Crippen LogP contribution in [0.4, 0.5) is 0 Å². The van der Waals surface area contributed by atoms with Gasteiger partial charge in [-0.1, -0.05) is 180 Å². The number of allylic oxidation sites excluding steroid dienone is 3. The number of nitrogens with zero attached hydrogens (tertiary/aromatic N) is 1. The number of unbranched alkanes of at least 4 members (excludes halogenated alkanes) is 26. The zero-order valence-corrected chi connectivity index (χ0v) is 32.6. The van der Waals surface area contributed by atoms with Crippen molar-refractivity contribution < 1.29 is 9.59 Å². The number of hydrogen-bond donors (Lipinski definition) is 1. The van der Waals surface area contributed by atoms with Gasteiger partial charge in [-0.3, -0.25) is 14.5 Å². The molecule has 0 unspecified atom stereocenters. The molecule has 4 nitrogen and oxygen atoms in total. The first-order chi connectivity index (χ1) is 23.4. The van der Waals surface area contributed by atoms with Gasteiger partial charge in [0.15, 0.2) is 0 Å². The summed E-state index contributed by atoms with van der Waals surface area (Å²) in [5, 5.41) is 3.03. The van der Waals surface area contributed by atoms with Crippen LogP contribution in [-0.4, -0.2) is 23.3 Å². The monoisotopic (exact) mass is 669 g/mol. The molecule has 0 aliphatic rings. The van der Waals surface area contributed by atoms with Gasteiger partial charge in [-0.2, -0.15) is 0 Å². The van der Waals surface area contributed by atoms with Crippen molar-refractivity contribution in [2.24, 2.45) is 0 Å². The largest absolute Gasteiger partial charge is 0.352 e. The molecule has 0 aromatic rings. The van der Waals surface area contributed by atoms with E-state index in [1.54, 1.807) is 26.2 Å². The van der Waals surface area contributed by atoms with E-state index in [0.29, 0.717) is 17.7 Å². The third-order valence-corrected chi connectivity index (χ3v) is 9.25. The van der Waals surface area contributed by atoms with Crippen LogP contribution in [0.2, 0.25) is 0 Å². The van der Waals surface area contributed by atoms with E-state index in [9.17, 15) is 9.59 Å². The fraction of sp³-hybridized carbons (Fsp3) is 0.773. The van der Waals surface area contributed by atoms with Crippen molar-refractivity contribution in [3.63, 3.8) is 0 Å². The minimum absolute atomic E-state index is 0.109. The first-order valence-electron chi connectivity index (χ1n) is 20.7. The third-order valence-electron chi connectivity index (χ3n) is 9.25. The van der Waals surface area contributed by atoms with E-state index in [1.165, 1.54) is 165 Å². The van der Waals surface area contributed by atoms with E-state index in [1.807, 2.05) is 0 Å². The van der Waals surface area contributed by atoms with Crippen LogP contribution in [0.3, 0.4) is 0 Å². The molecule has 48 heavy (non-hydrogen) atoms. The maximum Gasteiger partial charge on any atom is 0.256 e. The van der Waals surface area contributed by atoms with Gasteiger partial charge in [0.2, 0.25) is 5.91 Å². The Morgan fingerprint density at radius 3 is 1.27 bits per heavy atom. The molecular weight excluding hydrogens is 588 g/mol. The van der Waals surface area contributed by atoms with E-state index < -0.39 is 0 Å². The summed E-state index contributed by atoms with van der Waals surface area (Å²) in [6.45, 7) is 12.5. The number of amides is 2. The van der Waals surface area contributed by atoms with Gasteiger partial charge in [0.05, 0.1) is 0 Å². The summed E-state index contributed by atoms with van der Waals surface area (Å²) in [5.41, 5.74) is 1.00. The predicted octanol–water partition coefficient (Wildman–Crippen LogP) is 13.8. The Hall–Kier alpha value is -2.10. The topological polar surface area (TPSA) is 49.4 Å². The summed E-state index contributed by atoms with van der Waals surface area (Å²) in [4.78, 5) is 26.9. The van der Waals surface area contributed by atoms with Crippen molar-refractivity contribution >= 4 is 11.8 Å². The molecule has 0 bridgehead atoms. The first-order valence-corrected chi connectivity index (χ1v) is 20.7. The Balaban J connectivity index is 4.02. The highest BCUT2D eigenvalue weighted by atomic mass is 16.2. The summed E-state index contributed by atoms with van der Waals surface area (Å²) < 4.78 is 0. The van der Waals surface area contributed by atoms with Crippen molar-refractivity contribution in [3.8, 4) is 0 Å². The molecule has 0 aliphatic carbocycles. The van der Waals surface area contributed by atoms with Crippen LogP contribution in [0.25, 0.3) is 0 Å². The molecule has 0 aliphatic heterocycles. The number of carbonyl (C=O) groups is 2. The second-order valence-corrected chi connectivity index (χ2v) is 14.3. The van der Waals surface area contributed by atoms with E-state index in [-0.39, 0.29) is 11.8 Å². The molecule has 0 saturated carbocycles. The van der Waals surface area contributed by atoms with E-state index >= 15 is 0 Å². The molecule has 0 rings (SSSR count). The lowest BCUT2D eigenvalue weighted by atomic mass is 10.0. The lowest BCUT2D eigenvalue weighted by Gasteiger charge is -2.15. The van der Waals surface area contributed by atoms with Gasteiger partial charge >= 0.3 is 0 Å². The van der Waals surface area contributed by atoms with Crippen LogP contribution < -0.4 is 5.32 Å². The standard InChI is InChI=1S/C44H80N2O2/c1-6-8-10-12-14-16-18-20-22-24-26-28-30-32-34-36-38-45-43(47)42(5)40-46(44(48)41(3)4)39-37-35-33-31-29-27-25-23-21-19-17-15-13-11-9-7-2/h20,22,37,39-40H,3,6-19,21,23-36,38H2,1-2,4-5H3,(H,45,47)/b22-20-,39-37?,42-40?. The number of hydrogen-bond acceptors (Lipinski definition) is 2. The second kappa shape index (κ2) is 36.2. The van der Waals surface area contributed by atoms with Gasteiger partial charge in [-0.15, -0.1) is 0 Å². The van der Waals surface area contributed by atoms with Gasteiger partial charge < -0.3 is 5.32 Å². The molecule has 2 amide bonds. The van der Waals surface area contributed by atoms with Crippen molar-refractivity contribution in [2.45, 2.75) is 214 Å². The molecule has 0 saturated heterocycles. The number of nitrogens with one attached hydrogen (secondary N) is 1.